The van der Waals surface area contributed by atoms with Gasteiger partial charge >= 0.3 is 6.09 Å². The number of hydrogen-bond donors (Lipinski definition) is 2. The van der Waals surface area contributed by atoms with E-state index in [2.05, 4.69) is 19.2 Å². The lowest BCUT2D eigenvalue weighted by Crippen LogP contribution is -2.38. The quantitative estimate of drug-likeness (QED) is 0.847. The highest BCUT2D eigenvalue weighted by Crippen LogP contribution is 2.29. The molecular weight excluding hydrogens is 244 g/mol. The molecule has 1 aromatic carbocycles. The van der Waals surface area contributed by atoms with Crippen molar-refractivity contribution < 1.29 is 14.3 Å². The molecule has 0 saturated carbocycles. The molecule has 1 aromatic rings. The van der Waals surface area contributed by atoms with Crippen molar-refractivity contribution in [3.63, 3.8) is 0 Å². The largest absolute Gasteiger partial charge is 0.493 e. The number of rotatable bonds is 5. The fourth-order valence-corrected chi connectivity index (χ4v) is 1.98. The minimum atomic E-state index is -0.756. The van der Waals surface area contributed by atoms with Gasteiger partial charge < -0.3 is 20.5 Å². The molecule has 1 aliphatic rings. The molecule has 1 amide bonds. The number of amides is 1. The van der Waals surface area contributed by atoms with Gasteiger partial charge in [-0.3, -0.25) is 0 Å². The second-order valence-electron chi connectivity index (χ2n) is 5.17. The maximum absolute atomic E-state index is 11.2. The normalized spacial score (nSPS) is 22.2. The molecule has 0 bridgehead atoms. The number of carbonyl (C=O) groups excluding carboxylic acids is 1. The Morgan fingerprint density at radius 1 is 1.42 bits per heavy atom. The van der Waals surface area contributed by atoms with Crippen LogP contribution in [-0.2, 0) is 10.3 Å². The van der Waals surface area contributed by atoms with Gasteiger partial charge in [0.15, 0.2) is 5.60 Å². The average Bonchev–Trinajstić information content (AvgIpc) is 2.80. The van der Waals surface area contributed by atoms with Gasteiger partial charge in [-0.1, -0.05) is 26.0 Å². The summed E-state index contributed by atoms with van der Waals surface area (Å²) < 4.78 is 10.9. The minimum Gasteiger partial charge on any atom is -0.493 e. The Kier molecular flexibility index (Phi) is 3.95. The summed E-state index contributed by atoms with van der Waals surface area (Å²) in [5.41, 5.74) is 5.87. The van der Waals surface area contributed by atoms with E-state index in [0.29, 0.717) is 19.1 Å². The second-order valence-corrected chi connectivity index (χ2v) is 5.17. The van der Waals surface area contributed by atoms with E-state index in [1.54, 1.807) is 0 Å². The molecule has 0 aromatic heterocycles. The van der Waals surface area contributed by atoms with Crippen LogP contribution >= 0.6 is 0 Å². The van der Waals surface area contributed by atoms with Crippen molar-refractivity contribution >= 4 is 6.09 Å². The Morgan fingerprint density at radius 3 is 2.58 bits per heavy atom. The molecule has 19 heavy (non-hydrogen) atoms. The molecule has 1 saturated heterocycles. The van der Waals surface area contributed by atoms with Crippen LogP contribution in [0, 0.1) is 5.92 Å². The molecular formula is C14H20N2O3. The Balaban J connectivity index is 2.11. The summed E-state index contributed by atoms with van der Waals surface area (Å²) in [4.78, 5) is 11.2. The molecule has 1 heterocycles. The van der Waals surface area contributed by atoms with E-state index < -0.39 is 11.7 Å². The highest BCUT2D eigenvalue weighted by molar-refractivity contribution is 5.70. The van der Waals surface area contributed by atoms with Crippen molar-refractivity contribution in [1.82, 2.24) is 5.32 Å². The van der Waals surface area contributed by atoms with Gasteiger partial charge in [0.2, 0.25) is 0 Å². The Morgan fingerprint density at radius 2 is 2.11 bits per heavy atom. The zero-order valence-corrected chi connectivity index (χ0v) is 11.3. The monoisotopic (exact) mass is 264 g/mol. The number of hydrogen-bond acceptors (Lipinski definition) is 4. The van der Waals surface area contributed by atoms with Crippen LogP contribution in [0.15, 0.2) is 24.3 Å². The number of carbonyl (C=O) groups is 1. The minimum absolute atomic E-state index is 0.248. The van der Waals surface area contributed by atoms with Gasteiger partial charge in [0.05, 0.1) is 13.2 Å². The maximum Gasteiger partial charge on any atom is 0.408 e. The summed E-state index contributed by atoms with van der Waals surface area (Å²) >= 11 is 0. The van der Waals surface area contributed by atoms with Crippen molar-refractivity contribution in [2.75, 3.05) is 19.7 Å². The zero-order chi connectivity index (χ0) is 13.9. The van der Waals surface area contributed by atoms with Crippen molar-refractivity contribution in [2.45, 2.75) is 19.4 Å². The van der Waals surface area contributed by atoms with E-state index in [-0.39, 0.29) is 6.54 Å². The summed E-state index contributed by atoms with van der Waals surface area (Å²) in [6.45, 7) is 5.52. The molecule has 5 heteroatoms. The van der Waals surface area contributed by atoms with Gasteiger partial charge in [-0.15, -0.1) is 0 Å². The summed E-state index contributed by atoms with van der Waals surface area (Å²) in [6.07, 6.45) is -0.425. The highest BCUT2D eigenvalue weighted by atomic mass is 16.6. The molecule has 5 nitrogen and oxygen atoms in total. The Bertz CT molecular complexity index is 445. The van der Waals surface area contributed by atoms with E-state index in [9.17, 15) is 4.79 Å². The van der Waals surface area contributed by atoms with E-state index in [4.69, 9.17) is 15.2 Å². The molecule has 3 N–H and O–H groups in total. The molecule has 104 valence electrons. The Labute approximate surface area is 113 Å². The van der Waals surface area contributed by atoms with Crippen LogP contribution in [0.3, 0.4) is 0 Å². The summed E-state index contributed by atoms with van der Waals surface area (Å²) in [7, 11) is 0. The Hall–Kier alpha value is -1.75. The standard InChI is InChI=1S/C14H20N2O3/c1-10(2)7-18-12-5-3-11(4-6-12)14(8-15)9-16-13(17)19-14/h3-6,10H,7-9,15H2,1-2H3,(H,16,17). The third kappa shape index (κ3) is 2.98. The van der Waals surface area contributed by atoms with Crippen LogP contribution in [0.4, 0.5) is 4.79 Å². The van der Waals surface area contributed by atoms with Crippen LogP contribution in [0.2, 0.25) is 0 Å². The summed E-state index contributed by atoms with van der Waals surface area (Å²) in [6, 6.07) is 7.54. The second kappa shape index (κ2) is 5.48. The predicted molar refractivity (Wildman–Crippen MR) is 72.0 cm³/mol. The molecule has 1 fully saturated rings. The van der Waals surface area contributed by atoms with Crippen LogP contribution in [0.1, 0.15) is 19.4 Å². The molecule has 0 spiro atoms. The third-order valence-electron chi connectivity index (χ3n) is 3.10. The van der Waals surface area contributed by atoms with Gasteiger partial charge in [0, 0.05) is 6.54 Å². The van der Waals surface area contributed by atoms with Gasteiger partial charge in [0.1, 0.15) is 5.75 Å². The van der Waals surface area contributed by atoms with Crippen molar-refractivity contribution in [2.24, 2.45) is 11.7 Å². The van der Waals surface area contributed by atoms with Crippen molar-refractivity contribution in [3.05, 3.63) is 29.8 Å². The number of nitrogens with one attached hydrogen (secondary N) is 1. The molecule has 2 rings (SSSR count). The van der Waals surface area contributed by atoms with Crippen molar-refractivity contribution in [3.8, 4) is 5.75 Å². The first-order valence-corrected chi connectivity index (χ1v) is 6.46. The van der Waals surface area contributed by atoms with Gasteiger partial charge in [-0.05, 0) is 23.6 Å². The first-order chi connectivity index (χ1) is 9.05. The average molecular weight is 264 g/mol. The lowest BCUT2D eigenvalue weighted by atomic mass is 9.94. The van der Waals surface area contributed by atoms with Gasteiger partial charge in [-0.2, -0.15) is 0 Å². The number of benzene rings is 1. The summed E-state index contributed by atoms with van der Waals surface area (Å²) in [5, 5.41) is 2.64. The van der Waals surface area contributed by atoms with Crippen LogP contribution < -0.4 is 15.8 Å². The molecule has 1 unspecified atom stereocenters. The lowest BCUT2D eigenvalue weighted by Gasteiger charge is -2.25. The number of ether oxygens (including phenoxy) is 2. The smallest absolute Gasteiger partial charge is 0.408 e. The summed E-state index contributed by atoms with van der Waals surface area (Å²) in [5.74, 6) is 1.29. The highest BCUT2D eigenvalue weighted by Gasteiger charge is 2.40. The zero-order valence-electron chi connectivity index (χ0n) is 11.3. The van der Waals surface area contributed by atoms with E-state index >= 15 is 0 Å². The van der Waals surface area contributed by atoms with E-state index in [1.165, 1.54) is 0 Å². The molecule has 1 aliphatic heterocycles. The number of nitrogens with two attached hydrogens (primary N) is 1. The third-order valence-corrected chi connectivity index (χ3v) is 3.10. The maximum atomic E-state index is 11.2. The SMILES string of the molecule is CC(C)COc1ccc(C2(CN)CNC(=O)O2)cc1. The van der Waals surface area contributed by atoms with Crippen LogP contribution in [-0.4, -0.2) is 25.8 Å². The fourth-order valence-electron chi connectivity index (χ4n) is 1.98. The lowest BCUT2D eigenvalue weighted by molar-refractivity contribution is 0.0617. The molecule has 0 aliphatic carbocycles. The first-order valence-electron chi connectivity index (χ1n) is 6.46. The molecule has 1 atom stereocenters. The topological polar surface area (TPSA) is 73.6 Å². The van der Waals surface area contributed by atoms with E-state index in [1.807, 2.05) is 24.3 Å². The predicted octanol–water partition coefficient (Wildman–Crippen LogP) is 1.62. The van der Waals surface area contributed by atoms with Gasteiger partial charge in [-0.25, -0.2) is 4.79 Å². The molecule has 0 radical (unpaired) electrons. The van der Waals surface area contributed by atoms with Crippen LogP contribution in [0.5, 0.6) is 5.75 Å². The number of alkyl carbamates (subject to hydrolysis) is 1. The fraction of sp³-hybridized carbons (Fsp3) is 0.500. The first kappa shape index (κ1) is 13.7. The van der Waals surface area contributed by atoms with Gasteiger partial charge in [0.25, 0.3) is 0 Å². The van der Waals surface area contributed by atoms with Crippen molar-refractivity contribution in [1.29, 1.82) is 0 Å². The number of cyclic esters (lactones) is 1. The van der Waals surface area contributed by atoms with E-state index in [0.717, 1.165) is 11.3 Å². The van der Waals surface area contributed by atoms with Crippen LogP contribution in [0.25, 0.3) is 0 Å².